The Kier molecular flexibility index (Phi) is 6.39. The predicted molar refractivity (Wildman–Crippen MR) is 213 cm³/mol. The average Bonchev–Trinajstić information content (AvgIpc) is 3.54. The highest BCUT2D eigenvalue weighted by molar-refractivity contribution is 6.19. The van der Waals surface area contributed by atoms with Gasteiger partial charge in [0.1, 0.15) is 0 Å². The van der Waals surface area contributed by atoms with E-state index in [9.17, 15) is 0 Å². The first-order valence-electron chi connectivity index (χ1n) is 18.0. The van der Waals surface area contributed by atoms with Crippen molar-refractivity contribution in [3.05, 3.63) is 179 Å². The molecule has 0 spiro atoms. The first-order valence-corrected chi connectivity index (χ1v) is 18.0. The minimum absolute atomic E-state index is 0.0925. The number of aromatic nitrogens is 1. The van der Waals surface area contributed by atoms with E-state index < -0.39 is 0 Å². The molecule has 2 unspecified atom stereocenters. The third-order valence-corrected chi connectivity index (χ3v) is 11.9. The van der Waals surface area contributed by atoms with Gasteiger partial charge in [0.15, 0.2) is 0 Å². The molecule has 1 aromatic heterocycles. The van der Waals surface area contributed by atoms with Crippen molar-refractivity contribution in [1.29, 1.82) is 0 Å². The van der Waals surface area contributed by atoms with E-state index in [2.05, 4.69) is 183 Å². The highest BCUT2D eigenvalue weighted by Crippen LogP contribution is 2.52. The van der Waals surface area contributed by atoms with Gasteiger partial charge in [0.05, 0.1) is 11.0 Å². The number of para-hydroxylation sites is 1. The molecular formula is C49H39N. The van der Waals surface area contributed by atoms with Crippen molar-refractivity contribution >= 4 is 38.7 Å². The van der Waals surface area contributed by atoms with Crippen LogP contribution < -0.4 is 0 Å². The maximum Gasteiger partial charge on any atom is 0.0619 e. The van der Waals surface area contributed by atoms with Crippen LogP contribution >= 0.6 is 0 Å². The fourth-order valence-corrected chi connectivity index (χ4v) is 9.24. The molecule has 1 heterocycles. The van der Waals surface area contributed by atoms with E-state index in [1.165, 1.54) is 88.3 Å². The molecule has 10 rings (SSSR count). The van der Waals surface area contributed by atoms with Crippen LogP contribution in [0.2, 0.25) is 0 Å². The molecule has 0 fully saturated rings. The van der Waals surface area contributed by atoms with Crippen molar-refractivity contribution in [1.82, 2.24) is 4.57 Å². The molecule has 2 aliphatic carbocycles. The van der Waals surface area contributed by atoms with Gasteiger partial charge in [-0.25, -0.2) is 0 Å². The van der Waals surface area contributed by atoms with Crippen molar-refractivity contribution in [3.8, 4) is 27.9 Å². The van der Waals surface area contributed by atoms with Gasteiger partial charge in [0.25, 0.3) is 0 Å². The van der Waals surface area contributed by atoms with Gasteiger partial charge >= 0.3 is 0 Å². The maximum atomic E-state index is 2.53. The molecular weight excluding hydrogens is 603 g/mol. The Morgan fingerprint density at radius 1 is 0.600 bits per heavy atom. The third kappa shape index (κ3) is 4.26. The van der Waals surface area contributed by atoms with Crippen molar-refractivity contribution in [2.24, 2.45) is 0 Å². The van der Waals surface area contributed by atoms with Gasteiger partial charge in [-0.3, -0.25) is 0 Å². The zero-order valence-electron chi connectivity index (χ0n) is 28.8. The van der Waals surface area contributed by atoms with Crippen LogP contribution in [-0.2, 0) is 5.41 Å². The molecule has 0 N–H and O–H groups in total. The molecule has 0 saturated heterocycles. The zero-order chi connectivity index (χ0) is 33.6. The number of hydrogen-bond acceptors (Lipinski definition) is 0. The topological polar surface area (TPSA) is 4.93 Å². The Bertz CT molecular complexity index is 2670. The van der Waals surface area contributed by atoms with Crippen LogP contribution in [0.3, 0.4) is 0 Å². The predicted octanol–water partition coefficient (Wildman–Crippen LogP) is 13.2. The van der Waals surface area contributed by atoms with Crippen molar-refractivity contribution < 1.29 is 0 Å². The molecule has 1 heteroatoms. The first kappa shape index (κ1) is 29.3. The van der Waals surface area contributed by atoms with Crippen molar-refractivity contribution in [2.45, 2.75) is 44.4 Å². The summed E-state index contributed by atoms with van der Waals surface area (Å²) in [5.41, 5.74) is 16.0. The molecule has 240 valence electrons. The Hall–Kier alpha value is -5.66. The lowest BCUT2D eigenvalue weighted by Crippen LogP contribution is -2.16. The van der Waals surface area contributed by atoms with Gasteiger partial charge < -0.3 is 4.57 Å². The Labute approximate surface area is 294 Å². The van der Waals surface area contributed by atoms with E-state index >= 15 is 0 Å². The molecule has 0 saturated carbocycles. The third-order valence-electron chi connectivity index (χ3n) is 11.9. The van der Waals surface area contributed by atoms with E-state index in [0.29, 0.717) is 11.8 Å². The summed E-state index contributed by atoms with van der Waals surface area (Å²) in [6.07, 6.45) is 5.76. The van der Waals surface area contributed by atoms with Crippen LogP contribution in [0.1, 0.15) is 66.8 Å². The molecule has 0 bridgehead atoms. The summed E-state index contributed by atoms with van der Waals surface area (Å²) >= 11 is 0. The Balaban J connectivity index is 1.08. The quantitative estimate of drug-likeness (QED) is 0.181. The second-order valence-corrected chi connectivity index (χ2v) is 14.9. The van der Waals surface area contributed by atoms with Crippen molar-refractivity contribution in [2.75, 3.05) is 0 Å². The van der Waals surface area contributed by atoms with Crippen LogP contribution in [0.25, 0.3) is 66.6 Å². The molecule has 0 amide bonds. The van der Waals surface area contributed by atoms with Gasteiger partial charge in [-0.15, -0.1) is 0 Å². The van der Waals surface area contributed by atoms with Gasteiger partial charge in [0, 0.05) is 27.3 Å². The van der Waals surface area contributed by atoms with E-state index in [-0.39, 0.29) is 5.41 Å². The van der Waals surface area contributed by atoms with Crippen LogP contribution in [-0.4, -0.2) is 4.57 Å². The highest BCUT2D eigenvalue weighted by atomic mass is 15.0. The lowest BCUT2D eigenvalue weighted by Gasteiger charge is -2.27. The number of fused-ring (bicyclic) bond motifs is 9. The molecule has 0 radical (unpaired) electrons. The summed E-state index contributed by atoms with van der Waals surface area (Å²) in [6, 6.07) is 54.6. The van der Waals surface area contributed by atoms with Crippen molar-refractivity contribution in [3.63, 3.8) is 0 Å². The minimum atomic E-state index is -0.0925. The second kappa shape index (κ2) is 10.9. The smallest absolute Gasteiger partial charge is 0.0619 e. The SMILES string of the molecule is CC1c2ccccc2C=CCC1c1ccc2c(c1)C(C)(C)c1cc(-c3ccc4c(c3)c3ccc5ccccc5c3n4-c3ccccc3)ccc1-2. The lowest BCUT2D eigenvalue weighted by atomic mass is 9.77. The number of allylic oxidation sites excluding steroid dienone is 1. The standard InChI is InChI=1S/C49H39N/c1-31-38-17-9-7-12-32(38)14-11-19-39(31)36-22-25-42-41-24-21-35(29-45(41)49(2,3)46(42)30-36)34-23-27-47-44(28-34)43-26-20-33-13-8-10-18-40(33)48(43)50(47)37-15-5-4-6-16-37/h4-18,20-31,39H,19H2,1-3H3. The minimum Gasteiger partial charge on any atom is -0.309 e. The first-order chi connectivity index (χ1) is 24.5. The molecule has 7 aromatic carbocycles. The summed E-state index contributed by atoms with van der Waals surface area (Å²) in [6.45, 7) is 7.24. The van der Waals surface area contributed by atoms with Crippen LogP contribution in [0.5, 0.6) is 0 Å². The summed E-state index contributed by atoms with van der Waals surface area (Å²) in [4.78, 5) is 0. The van der Waals surface area contributed by atoms with E-state index in [1.54, 1.807) is 0 Å². The Morgan fingerprint density at radius 2 is 1.32 bits per heavy atom. The monoisotopic (exact) mass is 641 g/mol. The molecule has 8 aromatic rings. The second-order valence-electron chi connectivity index (χ2n) is 14.9. The summed E-state index contributed by atoms with van der Waals surface area (Å²) in [7, 11) is 0. The molecule has 2 atom stereocenters. The maximum absolute atomic E-state index is 2.53. The van der Waals surface area contributed by atoms with Crippen LogP contribution in [0, 0.1) is 0 Å². The van der Waals surface area contributed by atoms with Crippen LogP contribution in [0.15, 0.2) is 152 Å². The Morgan fingerprint density at radius 3 is 2.20 bits per heavy atom. The van der Waals surface area contributed by atoms with E-state index in [1.807, 2.05) is 0 Å². The zero-order valence-corrected chi connectivity index (χ0v) is 28.8. The fourth-order valence-electron chi connectivity index (χ4n) is 9.24. The number of rotatable bonds is 3. The normalized spacial score (nSPS) is 17.5. The van der Waals surface area contributed by atoms with Gasteiger partial charge in [-0.1, -0.05) is 148 Å². The number of benzene rings is 7. The number of nitrogens with zero attached hydrogens (tertiary/aromatic N) is 1. The van der Waals surface area contributed by atoms with E-state index in [0.717, 1.165) is 6.42 Å². The lowest BCUT2D eigenvalue weighted by molar-refractivity contribution is 0.582. The molecule has 50 heavy (non-hydrogen) atoms. The fraction of sp³-hybridized carbons (Fsp3) is 0.143. The summed E-state index contributed by atoms with van der Waals surface area (Å²) in [5, 5.41) is 5.11. The molecule has 0 aliphatic heterocycles. The molecule has 2 aliphatic rings. The van der Waals surface area contributed by atoms with Gasteiger partial charge in [-0.2, -0.15) is 0 Å². The average molecular weight is 642 g/mol. The molecule has 1 nitrogen and oxygen atoms in total. The summed E-state index contributed by atoms with van der Waals surface area (Å²) < 4.78 is 2.44. The van der Waals surface area contributed by atoms with E-state index in [4.69, 9.17) is 0 Å². The van der Waals surface area contributed by atoms with Gasteiger partial charge in [0.2, 0.25) is 0 Å². The van der Waals surface area contributed by atoms with Gasteiger partial charge in [-0.05, 0) is 104 Å². The largest absolute Gasteiger partial charge is 0.309 e. The summed E-state index contributed by atoms with van der Waals surface area (Å²) in [5.74, 6) is 0.913. The van der Waals surface area contributed by atoms with Crippen LogP contribution in [0.4, 0.5) is 0 Å². The number of hydrogen-bond donors (Lipinski definition) is 0. The highest BCUT2D eigenvalue weighted by Gasteiger charge is 2.37.